The Balaban J connectivity index is 1.58. The van der Waals surface area contributed by atoms with Gasteiger partial charge in [0.1, 0.15) is 17.0 Å². The first kappa shape index (κ1) is 25.4. The van der Waals surface area contributed by atoms with E-state index < -0.39 is 18.1 Å². The maximum Gasteiger partial charge on any atom is 0.407 e. The van der Waals surface area contributed by atoms with Crippen LogP contribution >= 0.6 is 0 Å². The lowest BCUT2D eigenvalue weighted by Gasteiger charge is -2.49. The van der Waals surface area contributed by atoms with E-state index in [1.165, 1.54) is 17.2 Å². The third-order valence-corrected chi connectivity index (χ3v) is 6.31. The molecule has 1 saturated heterocycles. The van der Waals surface area contributed by atoms with Crippen LogP contribution in [0.25, 0.3) is 11.3 Å². The fourth-order valence-corrected chi connectivity index (χ4v) is 4.19. The van der Waals surface area contributed by atoms with Crippen molar-refractivity contribution in [2.45, 2.75) is 46.3 Å². The number of amides is 1. The number of morpholine rings is 1. The van der Waals surface area contributed by atoms with Gasteiger partial charge >= 0.3 is 6.09 Å². The molecule has 1 aliphatic rings. The van der Waals surface area contributed by atoms with Crippen molar-refractivity contribution in [1.29, 1.82) is 0 Å². The van der Waals surface area contributed by atoms with Crippen molar-refractivity contribution in [3.8, 4) is 11.3 Å². The van der Waals surface area contributed by atoms with E-state index >= 15 is 0 Å². The number of ether oxygens (including phenoxy) is 1. The number of hydrogen-bond donors (Lipinski definition) is 2. The SMILES string of the molecule is Cc1cc(Nc2nccc(C(F)F)n2)cc(-c2cn(CC3(C(C)(C)C)CN(C(=O)O)CCO3)nn2)c1. The molecule has 36 heavy (non-hydrogen) atoms. The highest BCUT2D eigenvalue weighted by Crippen LogP contribution is 2.38. The van der Waals surface area contributed by atoms with Crippen LogP contribution < -0.4 is 5.32 Å². The van der Waals surface area contributed by atoms with Crippen molar-refractivity contribution in [2.75, 3.05) is 25.0 Å². The summed E-state index contributed by atoms with van der Waals surface area (Å²) in [5.74, 6) is 0.0672. The monoisotopic (exact) mass is 501 g/mol. The van der Waals surface area contributed by atoms with Crippen molar-refractivity contribution in [3.05, 3.63) is 47.9 Å². The van der Waals surface area contributed by atoms with Crippen LogP contribution in [0.3, 0.4) is 0 Å². The third kappa shape index (κ3) is 5.43. The Morgan fingerprint density at radius 3 is 2.78 bits per heavy atom. The second-order valence-corrected chi connectivity index (χ2v) is 9.92. The minimum Gasteiger partial charge on any atom is -0.465 e. The van der Waals surface area contributed by atoms with Crippen LogP contribution in [0.15, 0.2) is 36.7 Å². The van der Waals surface area contributed by atoms with E-state index in [4.69, 9.17) is 4.74 Å². The van der Waals surface area contributed by atoms with Crippen molar-refractivity contribution in [2.24, 2.45) is 5.41 Å². The zero-order valence-electron chi connectivity index (χ0n) is 20.6. The van der Waals surface area contributed by atoms with Crippen LogP contribution in [-0.2, 0) is 11.3 Å². The van der Waals surface area contributed by atoms with Gasteiger partial charge in [0.15, 0.2) is 0 Å². The third-order valence-electron chi connectivity index (χ3n) is 6.31. The topological polar surface area (TPSA) is 118 Å². The highest BCUT2D eigenvalue weighted by Gasteiger charge is 2.48. The lowest BCUT2D eigenvalue weighted by Crippen LogP contribution is -2.61. The average molecular weight is 502 g/mol. The van der Waals surface area contributed by atoms with E-state index in [1.54, 1.807) is 10.9 Å². The quantitative estimate of drug-likeness (QED) is 0.506. The molecule has 0 aliphatic carbocycles. The molecule has 0 bridgehead atoms. The Hall–Kier alpha value is -3.67. The second kappa shape index (κ2) is 9.76. The van der Waals surface area contributed by atoms with Crippen LogP contribution in [0.5, 0.6) is 0 Å². The molecule has 1 fully saturated rings. The van der Waals surface area contributed by atoms with Gasteiger partial charge in [0.05, 0.1) is 25.9 Å². The van der Waals surface area contributed by atoms with Crippen LogP contribution in [0.1, 0.15) is 38.5 Å². The first-order valence-electron chi connectivity index (χ1n) is 11.5. The van der Waals surface area contributed by atoms with E-state index in [0.29, 0.717) is 31.1 Å². The maximum absolute atomic E-state index is 13.0. The van der Waals surface area contributed by atoms with Crippen LogP contribution in [-0.4, -0.2) is 66.4 Å². The Morgan fingerprint density at radius 2 is 2.08 bits per heavy atom. The largest absolute Gasteiger partial charge is 0.465 e. The van der Waals surface area contributed by atoms with Gasteiger partial charge in [-0.1, -0.05) is 26.0 Å². The molecule has 1 aromatic carbocycles. The molecule has 0 saturated carbocycles. The molecule has 0 radical (unpaired) electrons. The number of carbonyl (C=O) groups is 1. The molecule has 192 valence electrons. The predicted molar refractivity (Wildman–Crippen MR) is 128 cm³/mol. The predicted octanol–water partition coefficient (Wildman–Crippen LogP) is 4.52. The lowest BCUT2D eigenvalue weighted by atomic mass is 9.75. The summed E-state index contributed by atoms with van der Waals surface area (Å²) in [4.78, 5) is 20.9. The Labute approximate surface area is 207 Å². The molecule has 0 spiro atoms. The number of halogens is 2. The fourth-order valence-electron chi connectivity index (χ4n) is 4.19. The molecule has 1 amide bonds. The number of nitrogens with zero attached hydrogens (tertiary/aromatic N) is 6. The van der Waals surface area contributed by atoms with Gasteiger partial charge in [-0.05, 0) is 42.2 Å². The van der Waals surface area contributed by atoms with Crippen molar-refractivity contribution < 1.29 is 23.4 Å². The molecular formula is C24H29F2N7O3. The Bertz CT molecular complexity index is 1240. The van der Waals surface area contributed by atoms with Gasteiger partial charge in [0.2, 0.25) is 5.95 Å². The molecule has 3 aromatic rings. The highest BCUT2D eigenvalue weighted by atomic mass is 19.3. The standard InChI is InChI=1S/C24H29F2N7O3/c1-15-9-16(11-17(10-15)28-21-27-6-5-18(29-21)20(25)26)19-12-33(31-30-19)14-24(23(2,3)4)13-32(22(34)35)7-8-36-24/h5-6,9-12,20H,7-8,13-14H2,1-4H3,(H,34,35)(H,27,28,29). The number of aromatic nitrogens is 5. The number of carboxylic acid groups (broad SMARTS) is 1. The second-order valence-electron chi connectivity index (χ2n) is 9.92. The highest BCUT2D eigenvalue weighted by molar-refractivity contribution is 5.68. The van der Waals surface area contributed by atoms with Crippen molar-refractivity contribution in [3.63, 3.8) is 0 Å². The fraction of sp³-hybridized carbons (Fsp3) is 0.458. The van der Waals surface area contributed by atoms with Crippen LogP contribution in [0.2, 0.25) is 0 Å². The minimum absolute atomic E-state index is 0.0672. The molecule has 1 unspecified atom stereocenters. The first-order valence-corrected chi connectivity index (χ1v) is 11.5. The van der Waals surface area contributed by atoms with Crippen molar-refractivity contribution in [1.82, 2.24) is 29.9 Å². The normalized spacial score (nSPS) is 18.5. The molecule has 3 heterocycles. The number of nitrogens with one attached hydrogen (secondary N) is 1. The number of hydrogen-bond acceptors (Lipinski definition) is 7. The summed E-state index contributed by atoms with van der Waals surface area (Å²) in [5, 5.41) is 21.1. The average Bonchev–Trinajstić information content (AvgIpc) is 3.26. The van der Waals surface area contributed by atoms with Gasteiger partial charge < -0.3 is 20.1 Å². The molecule has 2 N–H and O–H groups in total. The molecule has 1 atom stereocenters. The summed E-state index contributed by atoms with van der Waals surface area (Å²) in [5.41, 5.74) is 1.36. The van der Waals surface area contributed by atoms with Gasteiger partial charge in [-0.2, -0.15) is 0 Å². The number of anilines is 2. The number of benzene rings is 1. The molecule has 12 heteroatoms. The van der Waals surface area contributed by atoms with E-state index in [0.717, 1.165) is 11.1 Å². The summed E-state index contributed by atoms with van der Waals surface area (Å²) in [7, 11) is 0. The lowest BCUT2D eigenvalue weighted by molar-refractivity contribution is -0.168. The van der Waals surface area contributed by atoms with Gasteiger partial charge in [0, 0.05) is 24.0 Å². The molecule has 4 rings (SSSR count). The van der Waals surface area contributed by atoms with E-state index in [1.807, 2.05) is 45.9 Å². The summed E-state index contributed by atoms with van der Waals surface area (Å²) in [6.07, 6.45) is -0.607. The van der Waals surface area contributed by atoms with Gasteiger partial charge in [0.25, 0.3) is 6.43 Å². The Kier molecular flexibility index (Phi) is 6.90. The van der Waals surface area contributed by atoms with Gasteiger partial charge in [-0.3, -0.25) is 0 Å². The number of rotatable bonds is 6. The molecule has 1 aliphatic heterocycles. The van der Waals surface area contributed by atoms with Gasteiger partial charge in [-0.15, -0.1) is 5.10 Å². The van der Waals surface area contributed by atoms with Crippen LogP contribution in [0, 0.1) is 12.3 Å². The first-order chi connectivity index (χ1) is 17.0. The van der Waals surface area contributed by atoms with E-state index in [9.17, 15) is 18.7 Å². The molecular weight excluding hydrogens is 472 g/mol. The summed E-state index contributed by atoms with van der Waals surface area (Å²) in [6, 6.07) is 6.75. The zero-order valence-corrected chi connectivity index (χ0v) is 20.6. The summed E-state index contributed by atoms with van der Waals surface area (Å²) >= 11 is 0. The summed E-state index contributed by atoms with van der Waals surface area (Å²) < 4.78 is 33.8. The smallest absolute Gasteiger partial charge is 0.407 e. The minimum atomic E-state index is -2.69. The van der Waals surface area contributed by atoms with E-state index in [2.05, 4.69) is 25.6 Å². The maximum atomic E-state index is 13.0. The van der Waals surface area contributed by atoms with Crippen LogP contribution in [0.4, 0.5) is 25.2 Å². The molecule has 2 aromatic heterocycles. The number of alkyl halides is 2. The van der Waals surface area contributed by atoms with Gasteiger partial charge in [-0.25, -0.2) is 28.2 Å². The summed E-state index contributed by atoms with van der Waals surface area (Å²) in [6.45, 7) is 9.10. The van der Waals surface area contributed by atoms with Crippen molar-refractivity contribution >= 4 is 17.7 Å². The zero-order chi connectivity index (χ0) is 26.1. The molecule has 10 nitrogen and oxygen atoms in total. The van der Waals surface area contributed by atoms with E-state index in [-0.39, 0.29) is 23.6 Å². The number of aryl methyl sites for hydroxylation is 1. The Morgan fingerprint density at radius 1 is 1.31 bits per heavy atom.